The standard InChI is InChI=1S/C10H19N/c1-5-7-8-10(9(3)4)11-6-2/h9-10H,2,5,7-8H2,1,3-4H3. The summed E-state index contributed by atoms with van der Waals surface area (Å²) in [5.41, 5.74) is 0. The summed E-state index contributed by atoms with van der Waals surface area (Å²) < 4.78 is 0. The maximum absolute atomic E-state index is 4.20. The minimum absolute atomic E-state index is 0.437. The quantitative estimate of drug-likeness (QED) is 0.538. The van der Waals surface area contributed by atoms with Gasteiger partial charge < -0.3 is 0 Å². The van der Waals surface area contributed by atoms with Crippen molar-refractivity contribution in [1.29, 1.82) is 0 Å². The lowest BCUT2D eigenvalue weighted by Crippen LogP contribution is -2.12. The molecule has 11 heavy (non-hydrogen) atoms. The first-order valence-electron chi connectivity index (χ1n) is 4.44. The highest BCUT2D eigenvalue weighted by Gasteiger charge is 2.09. The second kappa shape index (κ2) is 6.18. The van der Waals surface area contributed by atoms with E-state index in [2.05, 4.69) is 38.2 Å². The van der Waals surface area contributed by atoms with Gasteiger partial charge in [0.1, 0.15) is 0 Å². The van der Waals surface area contributed by atoms with Crippen LogP contribution in [0.2, 0.25) is 0 Å². The highest BCUT2D eigenvalue weighted by molar-refractivity contribution is 5.46. The van der Waals surface area contributed by atoms with E-state index < -0.39 is 0 Å². The number of hydrogen-bond acceptors (Lipinski definition) is 1. The Balaban J connectivity index is 3.79. The van der Waals surface area contributed by atoms with Gasteiger partial charge in [0.25, 0.3) is 0 Å². The Morgan fingerprint density at radius 3 is 2.45 bits per heavy atom. The van der Waals surface area contributed by atoms with Crippen LogP contribution in [0, 0.1) is 5.92 Å². The van der Waals surface area contributed by atoms with E-state index >= 15 is 0 Å². The fourth-order valence-corrected chi connectivity index (χ4v) is 1.08. The van der Waals surface area contributed by atoms with E-state index in [4.69, 9.17) is 0 Å². The van der Waals surface area contributed by atoms with Gasteiger partial charge in [-0.15, -0.1) is 0 Å². The molecule has 0 saturated heterocycles. The van der Waals surface area contributed by atoms with Crippen molar-refractivity contribution < 1.29 is 0 Å². The van der Waals surface area contributed by atoms with Crippen LogP contribution in [-0.2, 0) is 0 Å². The molecule has 0 aromatic rings. The highest BCUT2D eigenvalue weighted by Crippen LogP contribution is 2.12. The lowest BCUT2D eigenvalue weighted by Gasteiger charge is -2.13. The van der Waals surface area contributed by atoms with Gasteiger partial charge in [0, 0.05) is 0 Å². The fourth-order valence-electron chi connectivity index (χ4n) is 1.08. The predicted molar refractivity (Wildman–Crippen MR) is 51.2 cm³/mol. The van der Waals surface area contributed by atoms with E-state index in [9.17, 15) is 0 Å². The summed E-state index contributed by atoms with van der Waals surface area (Å²) in [7, 11) is 0. The van der Waals surface area contributed by atoms with Crippen LogP contribution in [0.5, 0.6) is 0 Å². The average Bonchev–Trinajstić information content (AvgIpc) is 1.97. The Morgan fingerprint density at radius 1 is 1.45 bits per heavy atom. The Kier molecular flexibility index (Phi) is 5.87. The molecule has 1 atom stereocenters. The molecule has 0 radical (unpaired) electrons. The van der Waals surface area contributed by atoms with Crippen molar-refractivity contribution in [3.8, 4) is 0 Å². The summed E-state index contributed by atoms with van der Waals surface area (Å²) in [5, 5.41) is 0. The number of hydrogen-bond donors (Lipinski definition) is 0. The summed E-state index contributed by atoms with van der Waals surface area (Å²) in [5.74, 6) is 3.25. The van der Waals surface area contributed by atoms with Crippen LogP contribution < -0.4 is 0 Å². The topological polar surface area (TPSA) is 12.4 Å². The minimum Gasteiger partial charge on any atom is -0.240 e. The second-order valence-corrected chi connectivity index (χ2v) is 3.24. The van der Waals surface area contributed by atoms with Crippen molar-refractivity contribution in [1.82, 2.24) is 0 Å². The van der Waals surface area contributed by atoms with Gasteiger partial charge >= 0.3 is 0 Å². The number of nitrogens with zero attached hydrogens (tertiary/aromatic N) is 1. The molecule has 0 aliphatic carbocycles. The maximum atomic E-state index is 4.20. The number of rotatable bonds is 5. The SMILES string of the molecule is C=C=NC(CCCC)C(C)C. The zero-order valence-corrected chi connectivity index (χ0v) is 7.93. The first-order chi connectivity index (χ1) is 5.22. The fraction of sp³-hybridized carbons (Fsp3) is 0.800. The van der Waals surface area contributed by atoms with Crippen LogP contribution in [-0.4, -0.2) is 11.9 Å². The van der Waals surface area contributed by atoms with E-state index in [1.165, 1.54) is 19.3 Å². The molecule has 0 heterocycles. The van der Waals surface area contributed by atoms with Gasteiger partial charge in [-0.25, -0.2) is 4.99 Å². The normalized spacial score (nSPS) is 12.7. The zero-order valence-electron chi connectivity index (χ0n) is 7.93. The third kappa shape index (κ3) is 4.80. The van der Waals surface area contributed by atoms with Crippen molar-refractivity contribution in [3.63, 3.8) is 0 Å². The van der Waals surface area contributed by atoms with Crippen molar-refractivity contribution in [2.24, 2.45) is 10.9 Å². The van der Waals surface area contributed by atoms with E-state index in [1.807, 2.05) is 0 Å². The molecule has 0 aliphatic heterocycles. The third-order valence-electron chi connectivity index (χ3n) is 1.88. The lowest BCUT2D eigenvalue weighted by atomic mass is 9.99. The zero-order chi connectivity index (χ0) is 8.69. The number of unbranched alkanes of at least 4 members (excludes halogenated alkanes) is 1. The van der Waals surface area contributed by atoms with E-state index in [-0.39, 0.29) is 0 Å². The predicted octanol–water partition coefficient (Wildman–Crippen LogP) is 3.06. The molecule has 0 rings (SSSR count). The molecule has 0 aromatic carbocycles. The Bertz CT molecular complexity index is 132. The molecule has 0 bridgehead atoms. The van der Waals surface area contributed by atoms with Crippen molar-refractivity contribution in [3.05, 3.63) is 6.58 Å². The molecule has 0 N–H and O–H groups in total. The van der Waals surface area contributed by atoms with E-state index in [1.54, 1.807) is 0 Å². The summed E-state index contributed by atoms with van der Waals surface area (Å²) in [6.07, 6.45) is 3.68. The highest BCUT2D eigenvalue weighted by atomic mass is 14.8. The van der Waals surface area contributed by atoms with E-state index in [0.717, 1.165) is 0 Å². The van der Waals surface area contributed by atoms with Gasteiger partial charge in [0.15, 0.2) is 0 Å². The minimum atomic E-state index is 0.437. The summed E-state index contributed by atoms with van der Waals surface area (Å²) in [6, 6.07) is 0.437. The molecule has 0 amide bonds. The summed E-state index contributed by atoms with van der Waals surface area (Å²) in [4.78, 5) is 4.20. The summed E-state index contributed by atoms with van der Waals surface area (Å²) in [6.45, 7) is 10.1. The molecule has 0 fully saturated rings. The van der Waals surface area contributed by atoms with Crippen LogP contribution in [0.4, 0.5) is 0 Å². The van der Waals surface area contributed by atoms with Crippen molar-refractivity contribution in [2.75, 3.05) is 0 Å². The first-order valence-corrected chi connectivity index (χ1v) is 4.44. The third-order valence-corrected chi connectivity index (χ3v) is 1.88. The molecule has 0 aromatic heterocycles. The van der Waals surface area contributed by atoms with Crippen LogP contribution in [0.3, 0.4) is 0 Å². The van der Waals surface area contributed by atoms with Gasteiger partial charge in [-0.05, 0) is 24.8 Å². The van der Waals surface area contributed by atoms with Crippen molar-refractivity contribution in [2.45, 2.75) is 46.1 Å². The summed E-state index contributed by atoms with van der Waals surface area (Å²) >= 11 is 0. The largest absolute Gasteiger partial charge is 0.240 e. The van der Waals surface area contributed by atoms with Crippen LogP contribution in [0.25, 0.3) is 0 Å². The molecular weight excluding hydrogens is 134 g/mol. The van der Waals surface area contributed by atoms with Gasteiger partial charge in [-0.2, -0.15) is 0 Å². The van der Waals surface area contributed by atoms with Crippen LogP contribution >= 0.6 is 0 Å². The average molecular weight is 153 g/mol. The van der Waals surface area contributed by atoms with Gasteiger partial charge in [-0.1, -0.05) is 33.6 Å². The van der Waals surface area contributed by atoms with Gasteiger partial charge in [0.05, 0.1) is 6.04 Å². The molecule has 64 valence electrons. The second-order valence-electron chi connectivity index (χ2n) is 3.24. The molecule has 0 saturated carbocycles. The Labute approximate surface area is 70.2 Å². The molecule has 0 spiro atoms. The lowest BCUT2D eigenvalue weighted by molar-refractivity contribution is 0.454. The monoisotopic (exact) mass is 153 g/mol. The maximum Gasteiger partial charge on any atom is 0.0616 e. The molecule has 0 aliphatic rings. The molecular formula is C10H19N. The van der Waals surface area contributed by atoms with Crippen molar-refractivity contribution >= 4 is 5.87 Å². The van der Waals surface area contributed by atoms with Crippen LogP contribution in [0.1, 0.15) is 40.0 Å². The molecule has 1 nitrogen and oxygen atoms in total. The van der Waals surface area contributed by atoms with Gasteiger partial charge in [0.2, 0.25) is 0 Å². The molecule has 1 heteroatoms. The van der Waals surface area contributed by atoms with Gasteiger partial charge in [-0.3, -0.25) is 0 Å². The smallest absolute Gasteiger partial charge is 0.0616 e. The molecule has 1 unspecified atom stereocenters. The first kappa shape index (κ1) is 10.4. The van der Waals surface area contributed by atoms with Crippen LogP contribution in [0.15, 0.2) is 11.6 Å². The Hall–Kier alpha value is -0.550. The Morgan fingerprint density at radius 2 is 2.09 bits per heavy atom. The number of aliphatic imine (C=N–C) groups is 1. The van der Waals surface area contributed by atoms with E-state index in [0.29, 0.717) is 12.0 Å².